The van der Waals surface area contributed by atoms with Gasteiger partial charge in [-0.25, -0.2) is 0 Å². The zero-order chi connectivity index (χ0) is 12.0. The highest BCUT2D eigenvalue weighted by Crippen LogP contribution is 2.13. The van der Waals surface area contributed by atoms with Gasteiger partial charge in [-0.3, -0.25) is 0 Å². The molecule has 0 N–H and O–H groups in total. The maximum Gasteiger partial charge on any atom is 0.0230 e. The molecule has 0 fully saturated rings. The Morgan fingerprint density at radius 1 is 1.25 bits per heavy atom. The monoisotopic (exact) mass is 347 g/mol. The van der Waals surface area contributed by atoms with Crippen molar-refractivity contribution in [3.8, 4) is 0 Å². The Labute approximate surface area is 115 Å². The van der Waals surface area contributed by atoms with Gasteiger partial charge in [0.15, 0.2) is 0 Å². The van der Waals surface area contributed by atoms with Crippen molar-refractivity contribution in [3.05, 3.63) is 34.3 Å². The largest absolute Gasteiger partial charge is 0.302 e. The lowest BCUT2D eigenvalue weighted by Crippen LogP contribution is -2.25. The van der Waals surface area contributed by atoms with Crippen molar-refractivity contribution in [1.29, 1.82) is 0 Å². The van der Waals surface area contributed by atoms with E-state index in [0.29, 0.717) is 0 Å². The number of benzene rings is 1. The first-order valence-corrected chi connectivity index (χ1v) is 7.56. The minimum atomic E-state index is 0.750. The van der Waals surface area contributed by atoms with Gasteiger partial charge in [-0.2, -0.15) is 0 Å². The van der Waals surface area contributed by atoms with Gasteiger partial charge in [-0.15, -0.1) is 0 Å². The number of alkyl halides is 1. The molecule has 1 nitrogen and oxygen atoms in total. The number of halogens is 2. The van der Waals surface area contributed by atoms with Crippen LogP contribution in [0.15, 0.2) is 28.7 Å². The van der Waals surface area contributed by atoms with Crippen molar-refractivity contribution >= 4 is 31.9 Å². The van der Waals surface area contributed by atoms with E-state index in [1.165, 1.54) is 12.0 Å². The third-order valence-corrected chi connectivity index (χ3v) is 4.18. The fraction of sp³-hybridized carbons (Fsp3) is 0.538. The van der Waals surface area contributed by atoms with Crippen molar-refractivity contribution < 1.29 is 0 Å². The third-order valence-electron chi connectivity index (χ3n) is 2.73. The Hall–Kier alpha value is 0.140. The fourth-order valence-corrected chi connectivity index (χ4v) is 2.62. The van der Waals surface area contributed by atoms with E-state index >= 15 is 0 Å². The first-order valence-electron chi connectivity index (χ1n) is 5.64. The minimum Gasteiger partial charge on any atom is -0.302 e. The van der Waals surface area contributed by atoms with E-state index in [1.54, 1.807) is 0 Å². The van der Waals surface area contributed by atoms with E-state index in [-0.39, 0.29) is 0 Å². The Morgan fingerprint density at radius 2 is 1.88 bits per heavy atom. The molecular formula is C13H19Br2N. The van der Waals surface area contributed by atoms with Gasteiger partial charge in [-0.1, -0.05) is 57.3 Å². The van der Waals surface area contributed by atoms with Crippen molar-refractivity contribution in [1.82, 2.24) is 4.90 Å². The molecule has 0 saturated heterocycles. The Bertz CT molecular complexity index is 293. The fourth-order valence-electron chi connectivity index (χ4n) is 1.69. The Morgan fingerprint density at radius 3 is 2.38 bits per heavy atom. The Kier molecular flexibility index (Phi) is 6.62. The van der Waals surface area contributed by atoms with Crippen LogP contribution < -0.4 is 0 Å². The van der Waals surface area contributed by atoms with Crippen LogP contribution in [0.4, 0.5) is 0 Å². The molecule has 90 valence electrons. The molecule has 0 bridgehead atoms. The van der Waals surface area contributed by atoms with E-state index < -0.39 is 0 Å². The van der Waals surface area contributed by atoms with E-state index in [2.05, 4.69) is 75.0 Å². The van der Waals surface area contributed by atoms with Crippen LogP contribution in [-0.4, -0.2) is 23.8 Å². The number of nitrogens with zero attached hydrogens (tertiary/aromatic N) is 1. The standard InChI is InChI=1S/C13H19Br2N/c1-3-11(8-14)9-16(2)10-12-4-6-13(15)7-5-12/h4-7,11H,3,8-10H2,1-2H3. The second kappa shape index (κ2) is 7.46. The van der Waals surface area contributed by atoms with Crippen LogP contribution in [0, 0.1) is 5.92 Å². The molecule has 0 saturated carbocycles. The molecule has 0 spiro atoms. The van der Waals surface area contributed by atoms with Crippen LogP contribution in [0.5, 0.6) is 0 Å². The lowest BCUT2D eigenvalue weighted by atomic mass is 10.1. The van der Waals surface area contributed by atoms with Gasteiger partial charge in [0.05, 0.1) is 0 Å². The van der Waals surface area contributed by atoms with E-state index in [0.717, 1.165) is 28.8 Å². The topological polar surface area (TPSA) is 3.24 Å². The second-order valence-corrected chi connectivity index (χ2v) is 5.81. The predicted octanol–water partition coefficient (Wildman–Crippen LogP) is 4.30. The summed E-state index contributed by atoms with van der Waals surface area (Å²) in [6.07, 6.45) is 1.23. The molecule has 0 aliphatic carbocycles. The van der Waals surface area contributed by atoms with Crippen LogP contribution in [0.2, 0.25) is 0 Å². The number of rotatable bonds is 6. The van der Waals surface area contributed by atoms with Gasteiger partial charge in [0.1, 0.15) is 0 Å². The highest BCUT2D eigenvalue weighted by Gasteiger charge is 2.08. The van der Waals surface area contributed by atoms with Gasteiger partial charge in [0, 0.05) is 22.9 Å². The predicted molar refractivity (Wildman–Crippen MR) is 78.1 cm³/mol. The molecule has 1 atom stereocenters. The summed E-state index contributed by atoms with van der Waals surface area (Å²) in [6.45, 7) is 4.42. The number of hydrogen-bond acceptors (Lipinski definition) is 1. The normalized spacial score (nSPS) is 13.1. The molecule has 0 aliphatic rings. The third kappa shape index (κ3) is 4.98. The summed E-state index contributed by atoms with van der Waals surface area (Å²) in [5, 5.41) is 1.09. The smallest absolute Gasteiger partial charge is 0.0230 e. The summed E-state index contributed by atoms with van der Waals surface area (Å²) < 4.78 is 1.14. The van der Waals surface area contributed by atoms with Gasteiger partial charge in [0.2, 0.25) is 0 Å². The summed E-state index contributed by atoms with van der Waals surface area (Å²) in [4.78, 5) is 2.39. The summed E-state index contributed by atoms with van der Waals surface area (Å²) in [5.74, 6) is 0.750. The average molecular weight is 349 g/mol. The molecule has 0 aromatic heterocycles. The highest BCUT2D eigenvalue weighted by atomic mass is 79.9. The molecule has 3 heteroatoms. The van der Waals surface area contributed by atoms with Crippen molar-refractivity contribution in [3.63, 3.8) is 0 Å². The van der Waals surface area contributed by atoms with Gasteiger partial charge in [0.25, 0.3) is 0 Å². The zero-order valence-electron chi connectivity index (χ0n) is 9.92. The second-order valence-electron chi connectivity index (χ2n) is 4.25. The molecule has 16 heavy (non-hydrogen) atoms. The van der Waals surface area contributed by atoms with Crippen LogP contribution in [0.25, 0.3) is 0 Å². The highest BCUT2D eigenvalue weighted by molar-refractivity contribution is 9.10. The molecule has 1 aromatic carbocycles. The van der Waals surface area contributed by atoms with Crippen molar-refractivity contribution in [2.75, 3.05) is 18.9 Å². The average Bonchev–Trinajstić information content (AvgIpc) is 2.29. The molecule has 0 amide bonds. The van der Waals surface area contributed by atoms with Gasteiger partial charge < -0.3 is 4.90 Å². The lowest BCUT2D eigenvalue weighted by molar-refractivity contribution is 0.278. The first-order chi connectivity index (χ1) is 7.65. The van der Waals surface area contributed by atoms with E-state index in [9.17, 15) is 0 Å². The quantitative estimate of drug-likeness (QED) is 0.692. The van der Waals surface area contributed by atoms with Crippen LogP contribution in [0.1, 0.15) is 18.9 Å². The zero-order valence-corrected chi connectivity index (χ0v) is 13.1. The maximum atomic E-state index is 3.57. The summed E-state index contributed by atoms with van der Waals surface area (Å²) in [5.41, 5.74) is 1.37. The summed E-state index contributed by atoms with van der Waals surface area (Å²) in [7, 11) is 2.19. The van der Waals surface area contributed by atoms with Crippen molar-refractivity contribution in [2.45, 2.75) is 19.9 Å². The molecule has 1 aromatic rings. The van der Waals surface area contributed by atoms with Gasteiger partial charge in [-0.05, 0) is 30.7 Å². The molecule has 1 unspecified atom stereocenters. The SMILES string of the molecule is CCC(CBr)CN(C)Cc1ccc(Br)cc1. The minimum absolute atomic E-state index is 0.750. The molecule has 0 radical (unpaired) electrons. The molecule has 0 heterocycles. The molecular weight excluding hydrogens is 330 g/mol. The van der Waals surface area contributed by atoms with E-state index in [4.69, 9.17) is 0 Å². The van der Waals surface area contributed by atoms with Gasteiger partial charge >= 0.3 is 0 Å². The van der Waals surface area contributed by atoms with Crippen LogP contribution in [0.3, 0.4) is 0 Å². The lowest BCUT2D eigenvalue weighted by Gasteiger charge is -2.21. The van der Waals surface area contributed by atoms with Crippen LogP contribution >= 0.6 is 31.9 Å². The first kappa shape index (κ1) is 14.2. The molecule has 0 aliphatic heterocycles. The maximum absolute atomic E-state index is 3.57. The Balaban J connectivity index is 2.44. The molecule has 1 rings (SSSR count). The summed E-state index contributed by atoms with van der Waals surface area (Å²) >= 11 is 7.02. The van der Waals surface area contributed by atoms with Crippen molar-refractivity contribution in [2.24, 2.45) is 5.92 Å². The summed E-state index contributed by atoms with van der Waals surface area (Å²) in [6, 6.07) is 8.56. The van der Waals surface area contributed by atoms with Crippen LogP contribution in [-0.2, 0) is 6.54 Å². The van der Waals surface area contributed by atoms with E-state index in [1.807, 2.05) is 0 Å². The number of hydrogen-bond donors (Lipinski definition) is 0.